The molecule has 0 aromatic heterocycles. The van der Waals surface area contributed by atoms with Crippen molar-refractivity contribution in [1.82, 2.24) is 0 Å². The molecule has 0 aromatic carbocycles. The van der Waals surface area contributed by atoms with Gasteiger partial charge in [0, 0.05) is 5.54 Å². The van der Waals surface area contributed by atoms with Crippen molar-refractivity contribution in [3.05, 3.63) is 0 Å². The van der Waals surface area contributed by atoms with Gasteiger partial charge in [0.1, 0.15) is 0 Å². The van der Waals surface area contributed by atoms with Crippen LogP contribution in [0.1, 0.15) is 44.9 Å². The Hall–Kier alpha value is 0.250. The molecule has 4 fully saturated rings. The lowest BCUT2D eigenvalue weighted by atomic mass is 9.51. The predicted molar refractivity (Wildman–Crippen MR) is 57.0 cm³/mol. The highest BCUT2D eigenvalue weighted by molar-refractivity contribution is 5.85. The smallest absolute Gasteiger partial charge is 0.0188 e. The van der Waals surface area contributed by atoms with Crippen molar-refractivity contribution < 1.29 is 0 Å². The topological polar surface area (TPSA) is 26.0 Å². The zero-order chi connectivity index (χ0) is 8.18. The van der Waals surface area contributed by atoms with Gasteiger partial charge in [0.15, 0.2) is 0 Å². The molecule has 4 saturated carbocycles. The average Bonchev–Trinajstić information content (AvgIpc) is 2.03. The predicted octanol–water partition coefficient (Wildman–Crippen LogP) is 2.73. The standard InChI is InChI=1S/C11H19N.ClH/c12-11-5-1-2-9-6-8(7-11)3-4-10(9)11;/h8-10H,1-7,12H2;1H/t8-,9-,10+,11+;/m1./s1. The van der Waals surface area contributed by atoms with Gasteiger partial charge in [-0.05, 0) is 43.4 Å². The molecule has 0 aromatic rings. The lowest BCUT2D eigenvalue weighted by Gasteiger charge is -2.57. The molecule has 0 spiro atoms. The van der Waals surface area contributed by atoms with E-state index >= 15 is 0 Å². The van der Waals surface area contributed by atoms with Crippen LogP contribution in [-0.2, 0) is 0 Å². The normalized spacial score (nSPS) is 52.8. The van der Waals surface area contributed by atoms with Gasteiger partial charge in [-0.25, -0.2) is 0 Å². The van der Waals surface area contributed by atoms with E-state index in [0.29, 0.717) is 5.54 Å². The van der Waals surface area contributed by atoms with E-state index in [1.807, 2.05) is 0 Å². The second-order valence-corrected chi connectivity index (χ2v) is 5.38. The quantitative estimate of drug-likeness (QED) is 0.641. The molecular formula is C11H20ClN. The van der Waals surface area contributed by atoms with Crippen molar-refractivity contribution in [2.45, 2.75) is 50.5 Å². The van der Waals surface area contributed by atoms with Gasteiger partial charge in [-0.15, -0.1) is 12.4 Å². The molecule has 2 heteroatoms. The molecule has 4 atom stereocenters. The van der Waals surface area contributed by atoms with Gasteiger partial charge in [0.25, 0.3) is 0 Å². The van der Waals surface area contributed by atoms with Crippen LogP contribution in [0, 0.1) is 17.8 Å². The Morgan fingerprint density at radius 2 is 2.00 bits per heavy atom. The second kappa shape index (κ2) is 3.13. The zero-order valence-corrected chi connectivity index (χ0v) is 8.98. The molecule has 0 aliphatic heterocycles. The third-order valence-electron chi connectivity index (χ3n) is 4.72. The highest BCUT2D eigenvalue weighted by Crippen LogP contribution is 2.55. The van der Waals surface area contributed by atoms with Gasteiger partial charge in [0.2, 0.25) is 0 Å². The first-order valence-corrected chi connectivity index (χ1v) is 5.57. The fraction of sp³-hybridized carbons (Fsp3) is 1.00. The van der Waals surface area contributed by atoms with Gasteiger partial charge >= 0.3 is 0 Å². The van der Waals surface area contributed by atoms with Crippen LogP contribution >= 0.6 is 12.4 Å². The van der Waals surface area contributed by atoms with Gasteiger partial charge in [0.05, 0.1) is 0 Å². The summed E-state index contributed by atoms with van der Waals surface area (Å²) in [5, 5.41) is 0. The first-order valence-electron chi connectivity index (χ1n) is 5.57. The molecule has 4 bridgehead atoms. The molecular weight excluding hydrogens is 182 g/mol. The number of nitrogens with two attached hydrogens (primary N) is 1. The van der Waals surface area contributed by atoms with E-state index in [2.05, 4.69) is 0 Å². The van der Waals surface area contributed by atoms with Crippen molar-refractivity contribution in [3.8, 4) is 0 Å². The molecule has 4 aliphatic rings. The number of fused-ring (bicyclic) bond motifs is 1. The van der Waals surface area contributed by atoms with E-state index in [-0.39, 0.29) is 12.4 Å². The summed E-state index contributed by atoms with van der Waals surface area (Å²) in [6.07, 6.45) is 10.0. The Bertz CT molecular complexity index is 206. The molecule has 0 saturated heterocycles. The van der Waals surface area contributed by atoms with Gasteiger partial charge in [-0.3, -0.25) is 0 Å². The largest absolute Gasteiger partial charge is 0.325 e. The molecule has 76 valence electrons. The fourth-order valence-corrected chi connectivity index (χ4v) is 4.29. The fourth-order valence-electron chi connectivity index (χ4n) is 4.29. The Kier molecular flexibility index (Phi) is 2.36. The molecule has 4 rings (SSSR count). The molecule has 0 amide bonds. The zero-order valence-electron chi connectivity index (χ0n) is 8.17. The van der Waals surface area contributed by atoms with Crippen molar-refractivity contribution in [1.29, 1.82) is 0 Å². The maximum absolute atomic E-state index is 6.49. The SMILES string of the molecule is Cl.N[C@]12CCC[C@@H]3C[C@@H](CC[C@@H]31)C2. The summed E-state index contributed by atoms with van der Waals surface area (Å²) in [5.41, 5.74) is 6.78. The lowest BCUT2D eigenvalue weighted by Crippen LogP contribution is -2.59. The summed E-state index contributed by atoms with van der Waals surface area (Å²) in [7, 11) is 0. The second-order valence-electron chi connectivity index (χ2n) is 5.38. The number of rotatable bonds is 0. The Balaban J connectivity index is 0.000000653. The highest BCUT2D eigenvalue weighted by atomic mass is 35.5. The summed E-state index contributed by atoms with van der Waals surface area (Å²) in [6, 6.07) is 0. The summed E-state index contributed by atoms with van der Waals surface area (Å²) >= 11 is 0. The first kappa shape index (κ1) is 9.79. The molecule has 0 radical (unpaired) electrons. The van der Waals surface area contributed by atoms with Crippen LogP contribution in [0.4, 0.5) is 0 Å². The summed E-state index contributed by atoms with van der Waals surface area (Å²) in [6.45, 7) is 0. The Morgan fingerprint density at radius 3 is 2.62 bits per heavy atom. The van der Waals surface area contributed by atoms with Gasteiger partial charge in [-0.2, -0.15) is 0 Å². The third-order valence-corrected chi connectivity index (χ3v) is 4.72. The maximum atomic E-state index is 6.49. The molecule has 0 unspecified atom stereocenters. The van der Waals surface area contributed by atoms with Crippen LogP contribution in [0.25, 0.3) is 0 Å². The summed E-state index contributed by atoms with van der Waals surface area (Å²) in [4.78, 5) is 0. The Morgan fingerprint density at radius 1 is 1.15 bits per heavy atom. The monoisotopic (exact) mass is 201 g/mol. The molecule has 2 N–H and O–H groups in total. The Labute approximate surface area is 86.9 Å². The number of halogens is 1. The lowest BCUT2D eigenvalue weighted by molar-refractivity contribution is -0.0223. The maximum Gasteiger partial charge on any atom is 0.0188 e. The van der Waals surface area contributed by atoms with Crippen LogP contribution < -0.4 is 5.73 Å². The minimum absolute atomic E-state index is 0. The van der Waals surface area contributed by atoms with Crippen LogP contribution in [0.2, 0.25) is 0 Å². The molecule has 4 aliphatic carbocycles. The van der Waals surface area contributed by atoms with Crippen LogP contribution in [0.15, 0.2) is 0 Å². The molecule has 13 heavy (non-hydrogen) atoms. The van der Waals surface area contributed by atoms with E-state index in [1.165, 1.54) is 44.9 Å². The van der Waals surface area contributed by atoms with Crippen molar-refractivity contribution >= 4 is 12.4 Å². The van der Waals surface area contributed by atoms with Crippen molar-refractivity contribution in [3.63, 3.8) is 0 Å². The van der Waals surface area contributed by atoms with E-state index in [9.17, 15) is 0 Å². The van der Waals surface area contributed by atoms with Crippen LogP contribution in [0.5, 0.6) is 0 Å². The summed E-state index contributed by atoms with van der Waals surface area (Å²) in [5.74, 6) is 2.94. The summed E-state index contributed by atoms with van der Waals surface area (Å²) < 4.78 is 0. The van der Waals surface area contributed by atoms with Crippen LogP contribution in [0.3, 0.4) is 0 Å². The van der Waals surface area contributed by atoms with E-state index in [4.69, 9.17) is 5.73 Å². The van der Waals surface area contributed by atoms with Crippen molar-refractivity contribution in [2.24, 2.45) is 23.5 Å². The molecule has 1 nitrogen and oxygen atoms in total. The van der Waals surface area contributed by atoms with Gasteiger partial charge < -0.3 is 5.73 Å². The van der Waals surface area contributed by atoms with E-state index in [0.717, 1.165) is 17.8 Å². The van der Waals surface area contributed by atoms with E-state index in [1.54, 1.807) is 0 Å². The van der Waals surface area contributed by atoms with E-state index < -0.39 is 0 Å². The number of hydrogen-bond donors (Lipinski definition) is 1. The van der Waals surface area contributed by atoms with Crippen LogP contribution in [-0.4, -0.2) is 5.54 Å². The first-order chi connectivity index (χ1) is 5.78. The number of hydrogen-bond acceptors (Lipinski definition) is 1. The highest BCUT2D eigenvalue weighted by Gasteiger charge is 2.51. The van der Waals surface area contributed by atoms with Gasteiger partial charge in [-0.1, -0.05) is 19.3 Å². The minimum atomic E-state index is 0. The van der Waals surface area contributed by atoms with Crippen molar-refractivity contribution in [2.75, 3.05) is 0 Å². The molecule has 0 heterocycles. The minimum Gasteiger partial charge on any atom is -0.325 e. The third kappa shape index (κ3) is 1.32. The average molecular weight is 202 g/mol.